The van der Waals surface area contributed by atoms with Gasteiger partial charge in [-0.3, -0.25) is 14.4 Å². The molecule has 0 saturated heterocycles. The molecule has 1 atom stereocenters. The highest BCUT2D eigenvalue weighted by Crippen LogP contribution is 2.12. The minimum Gasteiger partial charge on any atom is -0.462 e. The van der Waals surface area contributed by atoms with Gasteiger partial charge < -0.3 is 14.2 Å². The van der Waals surface area contributed by atoms with Gasteiger partial charge in [-0.1, -0.05) is 194 Å². The van der Waals surface area contributed by atoms with Gasteiger partial charge >= 0.3 is 17.9 Å². The third kappa shape index (κ3) is 47.1. The molecule has 0 aromatic rings. The van der Waals surface area contributed by atoms with Crippen LogP contribution < -0.4 is 0 Å². The van der Waals surface area contributed by atoms with Gasteiger partial charge in [-0.05, 0) is 103 Å². The van der Waals surface area contributed by atoms with Crippen molar-refractivity contribution in [3.8, 4) is 0 Å². The van der Waals surface area contributed by atoms with E-state index in [2.05, 4.69) is 118 Å². The average molecular weight is 859 g/mol. The third-order valence-electron chi connectivity index (χ3n) is 10.0. The quantitative estimate of drug-likeness (QED) is 0.0200. The van der Waals surface area contributed by atoms with Crippen LogP contribution in [0.1, 0.15) is 207 Å². The topological polar surface area (TPSA) is 78.9 Å². The second-order valence-corrected chi connectivity index (χ2v) is 16.0. The van der Waals surface area contributed by atoms with E-state index >= 15 is 0 Å². The van der Waals surface area contributed by atoms with Crippen molar-refractivity contribution >= 4 is 17.9 Å². The molecule has 0 aromatic heterocycles. The first kappa shape index (κ1) is 58.1. The van der Waals surface area contributed by atoms with E-state index in [1.807, 2.05) is 12.2 Å². The van der Waals surface area contributed by atoms with E-state index in [1.165, 1.54) is 57.8 Å². The molecule has 0 aromatic carbocycles. The normalized spacial score (nSPS) is 13.0. The first-order valence-electron chi connectivity index (χ1n) is 24.9. The highest BCUT2D eigenvalue weighted by molar-refractivity contribution is 5.71. The number of esters is 3. The minimum absolute atomic E-state index is 0.123. The summed E-state index contributed by atoms with van der Waals surface area (Å²) in [5.74, 6) is -1.06. The standard InChI is InChI=1S/C56H90O6/c1-4-7-10-13-16-19-22-24-26-27-28-29-30-32-34-37-40-43-46-49-55(58)61-52-53(51-60-54(57)48-45-42-39-36-33-21-18-15-12-9-6-3)62-56(59)50-47-44-41-38-35-31-25-23-20-17-14-11-8-5-2/h7,10,15-16,18-19,21,24,26,28-29,31-35,40,43,53H,4-6,8-9,11-14,17,20,22-23,25,27,30,36-39,41-42,44-52H2,1-3H3/b10-7-,18-15-,19-16-,26-24-,29-28-,33-21-,34-32-,35-31-,43-40-. The second kappa shape index (κ2) is 49.7. The molecule has 62 heavy (non-hydrogen) atoms. The summed E-state index contributed by atoms with van der Waals surface area (Å²) in [6, 6.07) is 0. The van der Waals surface area contributed by atoms with Crippen molar-refractivity contribution in [1.82, 2.24) is 0 Å². The lowest BCUT2D eigenvalue weighted by molar-refractivity contribution is -0.166. The molecule has 0 heterocycles. The number of rotatable bonds is 43. The van der Waals surface area contributed by atoms with Gasteiger partial charge in [-0.25, -0.2) is 0 Å². The molecule has 6 heteroatoms. The maximum Gasteiger partial charge on any atom is 0.306 e. The zero-order valence-electron chi connectivity index (χ0n) is 39.8. The summed E-state index contributed by atoms with van der Waals surface area (Å²) in [6.45, 7) is 6.34. The molecule has 350 valence electrons. The third-order valence-corrected chi connectivity index (χ3v) is 10.0. The number of ether oxygens (including phenoxy) is 3. The molecule has 0 aliphatic rings. The van der Waals surface area contributed by atoms with Crippen LogP contribution in [0.4, 0.5) is 0 Å². The van der Waals surface area contributed by atoms with E-state index in [1.54, 1.807) is 0 Å². The summed E-state index contributed by atoms with van der Waals surface area (Å²) in [7, 11) is 0. The SMILES string of the molecule is CC/C=C\C/C=C\C/C=C\C/C=C\C/C=C\C/C=C\CCC(=O)OCC(COC(=O)CCCCC/C=C\C=C/CCCC)OC(=O)CCCCC/C=C\CCCCCCCCC. The molecule has 0 bridgehead atoms. The van der Waals surface area contributed by atoms with Crippen molar-refractivity contribution in [2.24, 2.45) is 0 Å². The molecule has 0 aliphatic heterocycles. The fraction of sp³-hybridized carbons (Fsp3) is 0.625. The second-order valence-electron chi connectivity index (χ2n) is 16.0. The first-order chi connectivity index (χ1) is 30.5. The fourth-order valence-corrected chi connectivity index (χ4v) is 6.26. The Morgan fingerprint density at radius 1 is 0.355 bits per heavy atom. The van der Waals surface area contributed by atoms with Gasteiger partial charge in [0.25, 0.3) is 0 Å². The van der Waals surface area contributed by atoms with Crippen LogP contribution in [-0.2, 0) is 28.6 Å². The van der Waals surface area contributed by atoms with Crippen LogP contribution in [0.25, 0.3) is 0 Å². The monoisotopic (exact) mass is 859 g/mol. The first-order valence-corrected chi connectivity index (χ1v) is 24.9. The summed E-state index contributed by atoms with van der Waals surface area (Å²) in [5, 5.41) is 0. The Morgan fingerprint density at radius 3 is 1.23 bits per heavy atom. The molecule has 0 radical (unpaired) electrons. The highest BCUT2D eigenvalue weighted by atomic mass is 16.6. The highest BCUT2D eigenvalue weighted by Gasteiger charge is 2.19. The number of carbonyl (C=O) groups is 3. The number of allylic oxidation sites excluding steroid dienone is 18. The summed E-state index contributed by atoms with van der Waals surface area (Å²) < 4.78 is 16.6. The van der Waals surface area contributed by atoms with E-state index in [4.69, 9.17) is 14.2 Å². The van der Waals surface area contributed by atoms with Gasteiger partial charge in [-0.15, -0.1) is 0 Å². The molecule has 1 unspecified atom stereocenters. The van der Waals surface area contributed by atoms with Crippen molar-refractivity contribution in [3.63, 3.8) is 0 Å². The number of unbranched alkanes of at least 4 members (excludes halogenated alkanes) is 15. The lowest BCUT2D eigenvalue weighted by Crippen LogP contribution is -2.30. The van der Waals surface area contributed by atoms with Crippen molar-refractivity contribution in [3.05, 3.63) is 109 Å². The van der Waals surface area contributed by atoms with E-state index in [9.17, 15) is 14.4 Å². The van der Waals surface area contributed by atoms with Gasteiger partial charge in [0.2, 0.25) is 0 Å². The predicted molar refractivity (Wildman–Crippen MR) is 265 cm³/mol. The molecular formula is C56H90O6. The van der Waals surface area contributed by atoms with E-state index in [-0.39, 0.29) is 44.0 Å². The lowest BCUT2D eigenvalue weighted by atomic mass is 10.1. The summed E-state index contributed by atoms with van der Waals surface area (Å²) >= 11 is 0. The molecule has 0 aliphatic carbocycles. The smallest absolute Gasteiger partial charge is 0.306 e. The lowest BCUT2D eigenvalue weighted by Gasteiger charge is -2.18. The van der Waals surface area contributed by atoms with Crippen LogP contribution in [0, 0.1) is 0 Å². The Morgan fingerprint density at radius 2 is 0.726 bits per heavy atom. The average Bonchev–Trinajstić information content (AvgIpc) is 3.27. The van der Waals surface area contributed by atoms with Crippen molar-refractivity contribution in [1.29, 1.82) is 0 Å². The largest absolute Gasteiger partial charge is 0.462 e. The molecule has 0 spiro atoms. The number of carbonyl (C=O) groups excluding carboxylic acids is 3. The summed E-state index contributed by atoms with van der Waals surface area (Å²) in [4.78, 5) is 37.8. The van der Waals surface area contributed by atoms with Gasteiger partial charge in [0.1, 0.15) is 13.2 Å². The van der Waals surface area contributed by atoms with Crippen molar-refractivity contribution in [2.75, 3.05) is 13.2 Å². The molecule has 0 N–H and O–H groups in total. The molecular weight excluding hydrogens is 769 g/mol. The molecule has 0 fully saturated rings. The molecule has 0 saturated carbocycles. The van der Waals surface area contributed by atoms with Crippen molar-refractivity contribution < 1.29 is 28.6 Å². The van der Waals surface area contributed by atoms with Crippen LogP contribution >= 0.6 is 0 Å². The fourth-order valence-electron chi connectivity index (χ4n) is 6.26. The molecule has 0 rings (SSSR count). The van der Waals surface area contributed by atoms with Crippen LogP contribution in [0.5, 0.6) is 0 Å². The van der Waals surface area contributed by atoms with E-state index in [0.29, 0.717) is 12.8 Å². The van der Waals surface area contributed by atoms with Gasteiger partial charge in [0.15, 0.2) is 6.10 Å². The summed E-state index contributed by atoms with van der Waals surface area (Å²) in [6.07, 6.45) is 66.6. The molecule has 0 amide bonds. The zero-order valence-corrected chi connectivity index (χ0v) is 39.8. The van der Waals surface area contributed by atoms with E-state index in [0.717, 1.165) is 103 Å². The Bertz CT molecular complexity index is 1310. The maximum atomic E-state index is 12.8. The number of hydrogen-bond donors (Lipinski definition) is 0. The van der Waals surface area contributed by atoms with Gasteiger partial charge in [0.05, 0.1) is 0 Å². The predicted octanol–water partition coefficient (Wildman–Crippen LogP) is 16.4. The Balaban J connectivity index is 4.55. The van der Waals surface area contributed by atoms with Crippen LogP contribution in [0.3, 0.4) is 0 Å². The zero-order chi connectivity index (χ0) is 45.1. The number of hydrogen-bond acceptors (Lipinski definition) is 6. The minimum atomic E-state index is -0.827. The van der Waals surface area contributed by atoms with Crippen LogP contribution in [-0.4, -0.2) is 37.2 Å². The van der Waals surface area contributed by atoms with Gasteiger partial charge in [0, 0.05) is 19.3 Å². The summed E-state index contributed by atoms with van der Waals surface area (Å²) in [5.41, 5.74) is 0. The van der Waals surface area contributed by atoms with Gasteiger partial charge in [-0.2, -0.15) is 0 Å². The Labute approximate surface area is 380 Å². The van der Waals surface area contributed by atoms with Crippen molar-refractivity contribution in [2.45, 2.75) is 213 Å². The van der Waals surface area contributed by atoms with E-state index < -0.39 is 6.10 Å². The Kier molecular flexibility index (Phi) is 46.6. The van der Waals surface area contributed by atoms with Crippen LogP contribution in [0.2, 0.25) is 0 Å². The molecule has 6 nitrogen and oxygen atoms in total. The van der Waals surface area contributed by atoms with Crippen LogP contribution in [0.15, 0.2) is 109 Å². The Hall–Kier alpha value is -3.93. The maximum absolute atomic E-state index is 12.8.